The second-order valence-corrected chi connectivity index (χ2v) is 8.71. The summed E-state index contributed by atoms with van der Waals surface area (Å²) in [6.45, 7) is 5.58. The largest absolute Gasteiger partial charge is 0.301 e. The Morgan fingerprint density at radius 2 is 2.16 bits per heavy atom. The summed E-state index contributed by atoms with van der Waals surface area (Å²) in [5.41, 5.74) is 1.91. The maximum Gasteiger partial charge on any atom is 0.224 e. The fourth-order valence-electron chi connectivity index (χ4n) is 5.32. The minimum absolute atomic E-state index is 0.0233. The zero-order valence-corrected chi connectivity index (χ0v) is 16.8. The summed E-state index contributed by atoms with van der Waals surface area (Å²) < 4.78 is 1.33. The number of amides is 1. The van der Waals surface area contributed by atoms with Crippen molar-refractivity contribution >= 4 is 40.0 Å². The van der Waals surface area contributed by atoms with Crippen LogP contribution in [0.4, 0.5) is 5.69 Å². The number of ketones is 1. The monoisotopic (exact) mass is 450 g/mol. The van der Waals surface area contributed by atoms with Crippen LogP contribution in [0.1, 0.15) is 38.7 Å². The molecule has 1 saturated carbocycles. The van der Waals surface area contributed by atoms with Crippen molar-refractivity contribution in [3.05, 3.63) is 39.5 Å². The minimum atomic E-state index is -0.325. The van der Waals surface area contributed by atoms with E-state index in [-0.39, 0.29) is 23.1 Å². The molecule has 1 aliphatic carbocycles. The Morgan fingerprint density at radius 1 is 1.40 bits per heavy atom. The number of anilines is 1. The van der Waals surface area contributed by atoms with Crippen molar-refractivity contribution in [2.75, 3.05) is 18.0 Å². The number of likely N-dealkylation sites (tertiary alicyclic amines) is 1. The van der Waals surface area contributed by atoms with Crippen LogP contribution in [0, 0.1) is 0 Å². The molecule has 0 unspecified atom stereocenters. The summed E-state index contributed by atoms with van der Waals surface area (Å²) in [6, 6.07) is 8.16. The van der Waals surface area contributed by atoms with Crippen LogP contribution >= 0.6 is 22.6 Å². The van der Waals surface area contributed by atoms with Crippen LogP contribution in [0.2, 0.25) is 0 Å². The molecule has 0 bridgehead atoms. The topological polar surface area (TPSA) is 40.6 Å². The lowest BCUT2D eigenvalue weighted by atomic mass is 9.64. The van der Waals surface area contributed by atoms with Crippen LogP contribution < -0.4 is 4.90 Å². The molecule has 2 heterocycles. The fourth-order valence-corrected chi connectivity index (χ4v) is 5.76. The molecule has 0 radical (unpaired) electrons. The predicted molar refractivity (Wildman–Crippen MR) is 107 cm³/mol. The number of carbonyl (C=O) groups is 2. The van der Waals surface area contributed by atoms with Gasteiger partial charge in [0.1, 0.15) is 6.04 Å². The number of hydrogen-bond acceptors (Lipinski definition) is 3. The zero-order valence-electron chi connectivity index (χ0n) is 14.7. The molecule has 4 nitrogen and oxygen atoms in total. The van der Waals surface area contributed by atoms with Crippen molar-refractivity contribution in [3.63, 3.8) is 0 Å². The Balaban J connectivity index is 1.85. The summed E-state index contributed by atoms with van der Waals surface area (Å²) >= 11 is 2.40. The Hall–Kier alpha value is -1.21. The molecule has 0 N–H and O–H groups in total. The smallest absolute Gasteiger partial charge is 0.224 e. The second-order valence-electron chi connectivity index (χ2n) is 7.33. The Bertz CT molecular complexity index is 775. The normalized spacial score (nSPS) is 31.7. The van der Waals surface area contributed by atoms with Crippen LogP contribution in [-0.2, 0) is 15.0 Å². The highest BCUT2D eigenvalue weighted by molar-refractivity contribution is 14.1. The number of carbonyl (C=O) groups excluding carboxylic acids is 2. The summed E-state index contributed by atoms with van der Waals surface area (Å²) in [5.74, 6) is 0.204. The standard InChI is InChI=1S/C20H23IN2O2/c1-3-14(21)12-22-11-10-20-15-6-4-5-7-16(15)23(13(2)24)19(20)17(25)8-9-18(20)22/h3-7,18-19H,8-12H2,1-2H3/b14-3-/t18-,19-,20+/m0/s1. The number of para-hydroxylation sites is 1. The van der Waals surface area contributed by atoms with E-state index in [2.05, 4.69) is 46.6 Å². The lowest BCUT2D eigenvalue weighted by Gasteiger charge is -2.44. The molecule has 1 aromatic carbocycles. The van der Waals surface area contributed by atoms with Crippen LogP contribution in [0.3, 0.4) is 0 Å². The van der Waals surface area contributed by atoms with Crippen LogP contribution in [-0.4, -0.2) is 41.8 Å². The lowest BCUT2D eigenvalue weighted by Crippen LogP contribution is -2.60. The van der Waals surface area contributed by atoms with E-state index < -0.39 is 0 Å². The molecule has 3 atom stereocenters. The Morgan fingerprint density at radius 3 is 2.88 bits per heavy atom. The number of halogens is 1. The van der Waals surface area contributed by atoms with Gasteiger partial charge in [-0.3, -0.25) is 14.5 Å². The van der Waals surface area contributed by atoms with Crippen molar-refractivity contribution in [2.45, 2.75) is 50.6 Å². The molecule has 1 spiro atoms. The van der Waals surface area contributed by atoms with Crippen LogP contribution in [0.15, 0.2) is 33.9 Å². The zero-order chi connectivity index (χ0) is 17.8. The molecule has 2 fully saturated rings. The van der Waals surface area contributed by atoms with Gasteiger partial charge in [-0.25, -0.2) is 0 Å². The summed E-state index contributed by atoms with van der Waals surface area (Å²) in [6.07, 6.45) is 4.56. The number of allylic oxidation sites excluding steroid dienone is 1. The van der Waals surface area contributed by atoms with Gasteiger partial charge in [-0.1, -0.05) is 24.3 Å². The quantitative estimate of drug-likeness (QED) is 0.649. The Labute approximate surface area is 162 Å². The molecule has 0 aromatic heterocycles. The van der Waals surface area contributed by atoms with E-state index in [1.165, 1.54) is 9.14 Å². The highest BCUT2D eigenvalue weighted by Gasteiger charge is 2.64. The minimum Gasteiger partial charge on any atom is -0.301 e. The number of fused-ring (bicyclic) bond motifs is 1. The number of Topliss-reactive ketones (excluding diaryl/α,β-unsaturated/α-hetero) is 1. The van der Waals surface area contributed by atoms with Gasteiger partial charge in [0.25, 0.3) is 0 Å². The van der Waals surface area contributed by atoms with Gasteiger partial charge < -0.3 is 4.90 Å². The second kappa shape index (κ2) is 6.20. The average molecular weight is 450 g/mol. The molecule has 2 aliphatic heterocycles. The molecule has 4 rings (SSSR count). The number of benzene rings is 1. The van der Waals surface area contributed by atoms with E-state index in [0.29, 0.717) is 12.5 Å². The molecule has 5 heteroatoms. The summed E-state index contributed by atoms with van der Waals surface area (Å²) in [7, 11) is 0. The molecule has 25 heavy (non-hydrogen) atoms. The van der Waals surface area contributed by atoms with Gasteiger partial charge in [0.15, 0.2) is 5.78 Å². The molecule has 1 saturated heterocycles. The summed E-state index contributed by atoms with van der Waals surface area (Å²) in [5, 5.41) is 0. The van der Waals surface area contributed by atoms with Gasteiger partial charge in [0.2, 0.25) is 5.91 Å². The number of nitrogens with zero attached hydrogens (tertiary/aromatic N) is 2. The van der Waals surface area contributed by atoms with Crippen molar-refractivity contribution in [1.29, 1.82) is 0 Å². The maximum atomic E-state index is 13.0. The highest BCUT2D eigenvalue weighted by Crippen LogP contribution is 2.57. The van der Waals surface area contributed by atoms with Gasteiger partial charge >= 0.3 is 0 Å². The molecule has 1 amide bonds. The van der Waals surface area contributed by atoms with E-state index in [9.17, 15) is 9.59 Å². The van der Waals surface area contributed by atoms with Gasteiger partial charge in [-0.05, 0) is 60.5 Å². The van der Waals surface area contributed by atoms with Gasteiger partial charge in [-0.15, -0.1) is 0 Å². The predicted octanol–water partition coefficient (Wildman–Crippen LogP) is 3.44. The van der Waals surface area contributed by atoms with E-state index in [1.54, 1.807) is 11.8 Å². The molecular weight excluding hydrogens is 427 g/mol. The Kier molecular flexibility index (Phi) is 4.27. The van der Waals surface area contributed by atoms with E-state index in [4.69, 9.17) is 0 Å². The first kappa shape index (κ1) is 17.2. The first-order valence-corrected chi connectivity index (χ1v) is 10.1. The van der Waals surface area contributed by atoms with Gasteiger partial charge in [0.05, 0.1) is 0 Å². The summed E-state index contributed by atoms with van der Waals surface area (Å²) in [4.78, 5) is 29.7. The first-order chi connectivity index (χ1) is 12.0. The van der Waals surface area contributed by atoms with Crippen molar-refractivity contribution in [3.8, 4) is 0 Å². The molecule has 3 aliphatic rings. The highest BCUT2D eigenvalue weighted by atomic mass is 127. The van der Waals surface area contributed by atoms with Crippen molar-refractivity contribution < 1.29 is 9.59 Å². The van der Waals surface area contributed by atoms with Crippen LogP contribution in [0.5, 0.6) is 0 Å². The SMILES string of the molecule is C/C=C(\I)CN1CC[C@]23c4ccccc4N(C(C)=O)[C@H]2C(=O)CC[C@H]13. The van der Waals surface area contributed by atoms with Gasteiger partial charge in [0, 0.05) is 40.6 Å². The number of hydrogen-bond donors (Lipinski definition) is 0. The third kappa shape index (κ3) is 2.35. The van der Waals surface area contributed by atoms with E-state index >= 15 is 0 Å². The third-order valence-electron chi connectivity index (χ3n) is 6.24. The fraction of sp³-hybridized carbons (Fsp3) is 0.500. The third-order valence-corrected chi connectivity index (χ3v) is 7.20. The number of rotatable bonds is 2. The molecule has 132 valence electrons. The molecular formula is C20H23IN2O2. The van der Waals surface area contributed by atoms with E-state index in [1.807, 2.05) is 18.2 Å². The average Bonchev–Trinajstić information content (AvgIpc) is 3.11. The van der Waals surface area contributed by atoms with Gasteiger partial charge in [-0.2, -0.15) is 0 Å². The van der Waals surface area contributed by atoms with Crippen LogP contribution in [0.25, 0.3) is 0 Å². The molecule has 1 aromatic rings. The lowest BCUT2D eigenvalue weighted by molar-refractivity contribution is -0.127. The van der Waals surface area contributed by atoms with Crippen molar-refractivity contribution in [1.82, 2.24) is 4.90 Å². The van der Waals surface area contributed by atoms with E-state index in [0.717, 1.165) is 31.6 Å². The van der Waals surface area contributed by atoms with Crippen molar-refractivity contribution in [2.24, 2.45) is 0 Å². The maximum absolute atomic E-state index is 13.0. The first-order valence-electron chi connectivity index (χ1n) is 8.97.